The lowest BCUT2D eigenvalue weighted by Crippen LogP contribution is -2.46. The van der Waals surface area contributed by atoms with Gasteiger partial charge >= 0.3 is 0 Å². The van der Waals surface area contributed by atoms with Gasteiger partial charge in [-0.15, -0.1) is 0 Å². The van der Waals surface area contributed by atoms with Crippen LogP contribution < -0.4 is 0 Å². The Hall–Kier alpha value is -2.76. The highest BCUT2D eigenvalue weighted by Gasteiger charge is 2.40. The van der Waals surface area contributed by atoms with E-state index >= 15 is 0 Å². The van der Waals surface area contributed by atoms with Crippen LogP contribution in [0.4, 0.5) is 0 Å². The summed E-state index contributed by atoms with van der Waals surface area (Å²) in [7, 11) is 7.09. The molecule has 0 bridgehead atoms. The lowest BCUT2D eigenvalue weighted by molar-refractivity contribution is -0.139. The second-order valence-electron chi connectivity index (χ2n) is 19.4. The molecule has 0 aliphatic heterocycles. The maximum Gasteiger partial charge on any atom is 0.246 e. The Morgan fingerprint density at radius 1 is 0.636 bits per heavy atom. The number of carbonyl (C=O) groups is 4. The molecule has 0 saturated heterocycles. The first-order valence-corrected chi connectivity index (χ1v) is 20.3. The normalized spacial score (nSPS) is 14.7. The average molecular weight is 779 g/mol. The number of carbonyl (C=O) groups excluding carboxylic acids is 4. The minimum absolute atomic E-state index is 0.0662. The standard InChI is InChI=1S/C44H82N4O7/c1-17-37(51)47(32-43(9,10)28-36(40(54)46(15)16)44(11,12)19-3)29-33(49)23-20-21-25-55-26-22-24-34(50)30-48(38(52)18-2)31-42(7,8)27-35(41(4,5)6)39(53)45(13)14/h17-18,33-36,49-50H,1-2,19-32H2,3-16H3. The molecule has 0 aliphatic rings. The highest BCUT2D eigenvalue weighted by molar-refractivity contribution is 5.87. The van der Waals surface area contributed by atoms with Crippen molar-refractivity contribution in [3.8, 4) is 0 Å². The van der Waals surface area contributed by atoms with Gasteiger partial charge in [0.05, 0.1) is 12.2 Å². The highest BCUT2D eigenvalue weighted by Crippen LogP contribution is 2.41. The molecule has 0 aromatic carbocycles. The van der Waals surface area contributed by atoms with Crippen LogP contribution in [0.2, 0.25) is 0 Å². The zero-order valence-corrected chi connectivity index (χ0v) is 37.5. The van der Waals surface area contributed by atoms with Crippen molar-refractivity contribution in [2.45, 2.75) is 133 Å². The molecular weight excluding hydrogens is 697 g/mol. The fourth-order valence-electron chi connectivity index (χ4n) is 7.12. The number of nitrogens with zero attached hydrogens (tertiary/aromatic N) is 4. The average Bonchev–Trinajstić information content (AvgIpc) is 3.07. The van der Waals surface area contributed by atoms with Crippen molar-refractivity contribution in [3.05, 3.63) is 25.3 Å². The maximum absolute atomic E-state index is 13.2. The van der Waals surface area contributed by atoms with E-state index in [0.717, 1.165) is 19.3 Å². The molecule has 0 radical (unpaired) electrons. The van der Waals surface area contributed by atoms with Gasteiger partial charge in [0.25, 0.3) is 0 Å². The lowest BCUT2D eigenvalue weighted by atomic mass is 9.68. The summed E-state index contributed by atoms with van der Waals surface area (Å²) in [6, 6.07) is 0. The molecule has 11 heteroatoms. The maximum atomic E-state index is 13.2. The van der Waals surface area contributed by atoms with Gasteiger partial charge in [-0.25, -0.2) is 0 Å². The Morgan fingerprint density at radius 3 is 1.40 bits per heavy atom. The third-order valence-electron chi connectivity index (χ3n) is 10.9. The fourth-order valence-corrected chi connectivity index (χ4v) is 7.12. The van der Waals surface area contributed by atoms with Gasteiger partial charge in [0.15, 0.2) is 0 Å². The number of amides is 4. The van der Waals surface area contributed by atoms with E-state index in [-0.39, 0.29) is 70.2 Å². The summed E-state index contributed by atoms with van der Waals surface area (Å²) in [6.45, 7) is 30.2. The number of rotatable bonds is 27. The molecule has 0 fully saturated rings. The van der Waals surface area contributed by atoms with Crippen molar-refractivity contribution in [1.29, 1.82) is 0 Å². The first-order chi connectivity index (χ1) is 25.1. The number of aliphatic hydroxyl groups is 2. The molecule has 0 rings (SSSR count). The van der Waals surface area contributed by atoms with E-state index in [1.54, 1.807) is 47.8 Å². The third-order valence-corrected chi connectivity index (χ3v) is 10.9. The molecule has 0 saturated carbocycles. The molecular formula is C44H82N4O7. The largest absolute Gasteiger partial charge is 0.391 e. The van der Waals surface area contributed by atoms with E-state index in [2.05, 4.69) is 82.4 Å². The van der Waals surface area contributed by atoms with Gasteiger partial charge in [-0.1, -0.05) is 88.8 Å². The number of hydrogen-bond donors (Lipinski definition) is 2. The van der Waals surface area contributed by atoms with Crippen molar-refractivity contribution < 1.29 is 34.1 Å². The number of ether oxygens (including phenoxy) is 1. The van der Waals surface area contributed by atoms with E-state index in [9.17, 15) is 29.4 Å². The van der Waals surface area contributed by atoms with Gasteiger partial charge in [0, 0.05) is 79.4 Å². The molecule has 0 aliphatic carbocycles. The molecule has 4 atom stereocenters. The first kappa shape index (κ1) is 52.2. The van der Waals surface area contributed by atoms with Crippen LogP contribution in [0, 0.1) is 33.5 Å². The Balaban J connectivity index is 4.96. The van der Waals surface area contributed by atoms with Crippen LogP contribution in [0.5, 0.6) is 0 Å². The van der Waals surface area contributed by atoms with Gasteiger partial charge in [0.2, 0.25) is 23.6 Å². The van der Waals surface area contributed by atoms with Gasteiger partial charge in [-0.2, -0.15) is 0 Å². The summed E-state index contributed by atoms with van der Waals surface area (Å²) in [6.07, 6.45) is 6.22. The summed E-state index contributed by atoms with van der Waals surface area (Å²) in [5.74, 6) is -0.767. The molecule has 55 heavy (non-hydrogen) atoms. The second kappa shape index (κ2) is 23.5. The topological polar surface area (TPSA) is 131 Å². The molecule has 0 spiro atoms. The fraction of sp³-hybridized carbons (Fsp3) is 0.818. The predicted octanol–water partition coefficient (Wildman–Crippen LogP) is 6.43. The summed E-state index contributed by atoms with van der Waals surface area (Å²) < 4.78 is 5.82. The van der Waals surface area contributed by atoms with Crippen LogP contribution in [-0.2, 0) is 23.9 Å². The van der Waals surface area contributed by atoms with Crippen LogP contribution in [0.25, 0.3) is 0 Å². The number of unbranched alkanes of at least 4 members (excludes halogenated alkanes) is 1. The zero-order chi connectivity index (χ0) is 42.9. The number of aliphatic hydroxyl groups excluding tert-OH is 2. The molecule has 0 aromatic heterocycles. The molecule has 11 nitrogen and oxygen atoms in total. The van der Waals surface area contributed by atoms with E-state index < -0.39 is 12.2 Å². The summed E-state index contributed by atoms with van der Waals surface area (Å²) >= 11 is 0. The van der Waals surface area contributed by atoms with Crippen LogP contribution in [0.1, 0.15) is 121 Å². The molecule has 4 amide bonds. The summed E-state index contributed by atoms with van der Waals surface area (Å²) in [5.41, 5.74) is -1.20. The van der Waals surface area contributed by atoms with Crippen molar-refractivity contribution >= 4 is 23.6 Å². The van der Waals surface area contributed by atoms with E-state index in [0.29, 0.717) is 58.4 Å². The Labute approximate surface area is 335 Å². The van der Waals surface area contributed by atoms with Gasteiger partial charge in [-0.05, 0) is 78.8 Å². The van der Waals surface area contributed by atoms with Crippen LogP contribution in [0.15, 0.2) is 25.3 Å². The molecule has 2 N–H and O–H groups in total. The van der Waals surface area contributed by atoms with Gasteiger partial charge < -0.3 is 34.5 Å². The number of hydrogen-bond acceptors (Lipinski definition) is 7. The Kier molecular flexibility index (Phi) is 22.3. The zero-order valence-electron chi connectivity index (χ0n) is 37.5. The minimum atomic E-state index is -0.732. The van der Waals surface area contributed by atoms with Gasteiger partial charge in [-0.3, -0.25) is 19.2 Å². The lowest BCUT2D eigenvalue weighted by Gasteiger charge is -2.41. The van der Waals surface area contributed by atoms with E-state index in [4.69, 9.17) is 4.74 Å². The second-order valence-corrected chi connectivity index (χ2v) is 19.4. The Bertz CT molecular complexity index is 1220. The van der Waals surface area contributed by atoms with E-state index in [1.807, 2.05) is 0 Å². The molecule has 320 valence electrons. The van der Waals surface area contributed by atoms with Crippen molar-refractivity contribution in [2.24, 2.45) is 33.5 Å². The van der Waals surface area contributed by atoms with Crippen LogP contribution in [-0.4, -0.2) is 133 Å². The van der Waals surface area contributed by atoms with Crippen molar-refractivity contribution in [2.75, 3.05) is 67.6 Å². The van der Waals surface area contributed by atoms with E-state index in [1.165, 1.54) is 12.2 Å². The molecule has 4 unspecified atom stereocenters. The van der Waals surface area contributed by atoms with Crippen molar-refractivity contribution in [3.63, 3.8) is 0 Å². The predicted molar refractivity (Wildman–Crippen MR) is 224 cm³/mol. The summed E-state index contributed by atoms with van der Waals surface area (Å²) in [5, 5.41) is 21.7. The smallest absolute Gasteiger partial charge is 0.246 e. The highest BCUT2D eigenvalue weighted by atomic mass is 16.5. The molecule has 0 aromatic rings. The molecule has 0 heterocycles. The quantitative estimate of drug-likeness (QED) is 0.0727. The van der Waals surface area contributed by atoms with Gasteiger partial charge in [0.1, 0.15) is 0 Å². The summed E-state index contributed by atoms with van der Waals surface area (Å²) in [4.78, 5) is 58.4. The van der Waals surface area contributed by atoms with Crippen LogP contribution in [0.3, 0.4) is 0 Å². The van der Waals surface area contributed by atoms with Crippen molar-refractivity contribution in [1.82, 2.24) is 19.6 Å². The monoisotopic (exact) mass is 779 g/mol. The first-order valence-electron chi connectivity index (χ1n) is 20.3. The van der Waals surface area contributed by atoms with Crippen LogP contribution >= 0.6 is 0 Å². The SMILES string of the molecule is C=CC(=O)N(CC(O)CCCOCCCCC(O)CN(CC(C)(C)CC(C(=O)N(C)C)C(C)(C)CC)C(=O)C=C)CC(C)(C)CC(C(=O)N(C)C)C(C)(C)C. The minimum Gasteiger partial charge on any atom is -0.391 e. The third kappa shape index (κ3) is 19.8. The Morgan fingerprint density at radius 2 is 1.02 bits per heavy atom.